The molecule has 114 valence electrons. The topological polar surface area (TPSA) is 90.5 Å². The normalized spacial score (nSPS) is 11.1. The molecule has 0 fully saturated rings. The molecule has 0 aliphatic carbocycles. The second-order valence-corrected chi connectivity index (χ2v) is 5.10. The number of hydrogen-bond donors (Lipinski definition) is 1. The predicted octanol–water partition coefficient (Wildman–Crippen LogP) is 1.45. The van der Waals surface area contributed by atoms with Crippen molar-refractivity contribution in [3.05, 3.63) is 29.2 Å². The summed E-state index contributed by atoms with van der Waals surface area (Å²) in [4.78, 5) is 16.6. The van der Waals surface area contributed by atoms with Crippen molar-refractivity contribution >= 4 is 22.8 Å². The molecule has 8 nitrogen and oxygen atoms in total. The largest absolute Gasteiger partial charge is 0.319 e. The molecule has 1 amide bonds. The van der Waals surface area contributed by atoms with Gasteiger partial charge in [-0.2, -0.15) is 5.10 Å². The number of carbonyl (C=O) groups is 1. The lowest BCUT2D eigenvalue weighted by molar-refractivity contribution is 0.102. The van der Waals surface area contributed by atoms with Gasteiger partial charge in [0.05, 0.1) is 22.6 Å². The first-order valence-electron chi connectivity index (χ1n) is 7.02. The van der Waals surface area contributed by atoms with E-state index in [9.17, 15) is 4.79 Å². The van der Waals surface area contributed by atoms with Gasteiger partial charge >= 0.3 is 0 Å². The molecule has 0 unspecified atom stereocenters. The summed E-state index contributed by atoms with van der Waals surface area (Å²) in [6.07, 6.45) is 1.52. The lowest BCUT2D eigenvalue weighted by atomic mass is 10.2. The molecule has 0 aliphatic heterocycles. The van der Waals surface area contributed by atoms with E-state index < -0.39 is 0 Å². The summed E-state index contributed by atoms with van der Waals surface area (Å²) < 4.78 is 3.42. The molecule has 0 atom stereocenters. The molecule has 3 heterocycles. The highest BCUT2D eigenvalue weighted by Crippen LogP contribution is 2.20. The molecule has 3 aromatic rings. The van der Waals surface area contributed by atoms with Crippen LogP contribution in [0.1, 0.15) is 28.7 Å². The van der Waals surface area contributed by atoms with Crippen LogP contribution in [0.5, 0.6) is 0 Å². The van der Waals surface area contributed by atoms with E-state index >= 15 is 0 Å². The van der Waals surface area contributed by atoms with E-state index in [1.54, 1.807) is 17.8 Å². The molecule has 3 aromatic heterocycles. The van der Waals surface area contributed by atoms with Crippen LogP contribution < -0.4 is 5.32 Å². The van der Waals surface area contributed by atoms with Crippen LogP contribution in [0.15, 0.2) is 12.3 Å². The highest BCUT2D eigenvalue weighted by Gasteiger charge is 2.16. The molecule has 3 rings (SSSR count). The summed E-state index contributed by atoms with van der Waals surface area (Å²) >= 11 is 0. The lowest BCUT2D eigenvalue weighted by Crippen LogP contribution is -2.13. The average Bonchev–Trinajstić information content (AvgIpc) is 3.01. The minimum absolute atomic E-state index is 0.234. The summed E-state index contributed by atoms with van der Waals surface area (Å²) in [5, 5.41) is 15.1. The first-order valence-corrected chi connectivity index (χ1v) is 7.02. The van der Waals surface area contributed by atoms with E-state index in [-0.39, 0.29) is 5.91 Å². The zero-order chi connectivity index (χ0) is 15.9. The fourth-order valence-corrected chi connectivity index (χ4v) is 2.42. The smallest absolute Gasteiger partial charge is 0.257 e. The van der Waals surface area contributed by atoms with E-state index in [4.69, 9.17) is 0 Å². The monoisotopic (exact) mass is 299 g/mol. The van der Waals surface area contributed by atoms with E-state index in [0.29, 0.717) is 16.7 Å². The van der Waals surface area contributed by atoms with Crippen molar-refractivity contribution in [3.63, 3.8) is 0 Å². The Kier molecular flexibility index (Phi) is 3.36. The highest BCUT2D eigenvalue weighted by atomic mass is 16.1. The number of rotatable bonds is 3. The molecule has 22 heavy (non-hydrogen) atoms. The van der Waals surface area contributed by atoms with Crippen LogP contribution in [0.3, 0.4) is 0 Å². The lowest BCUT2D eigenvalue weighted by Gasteiger charge is -2.06. The quantitative estimate of drug-likeness (QED) is 0.790. The van der Waals surface area contributed by atoms with Gasteiger partial charge in [0, 0.05) is 19.8 Å². The van der Waals surface area contributed by atoms with Crippen molar-refractivity contribution in [2.45, 2.75) is 27.3 Å². The van der Waals surface area contributed by atoms with Gasteiger partial charge < -0.3 is 5.32 Å². The van der Waals surface area contributed by atoms with Gasteiger partial charge in [0.2, 0.25) is 0 Å². The Morgan fingerprint density at radius 1 is 1.36 bits per heavy atom. The summed E-state index contributed by atoms with van der Waals surface area (Å²) in [7, 11) is 1.76. The molecule has 0 spiro atoms. The van der Waals surface area contributed by atoms with Gasteiger partial charge in [-0.25, -0.2) is 9.67 Å². The Morgan fingerprint density at radius 3 is 2.82 bits per heavy atom. The van der Waals surface area contributed by atoms with Gasteiger partial charge in [-0.3, -0.25) is 9.48 Å². The van der Waals surface area contributed by atoms with Crippen LogP contribution in [0.25, 0.3) is 11.2 Å². The van der Waals surface area contributed by atoms with Crippen molar-refractivity contribution in [1.82, 2.24) is 29.8 Å². The van der Waals surface area contributed by atoms with Crippen LogP contribution in [0, 0.1) is 13.8 Å². The third kappa shape index (κ3) is 2.22. The van der Waals surface area contributed by atoms with Crippen molar-refractivity contribution in [3.8, 4) is 0 Å². The highest BCUT2D eigenvalue weighted by molar-refractivity contribution is 6.05. The first-order chi connectivity index (χ1) is 10.5. The fourth-order valence-electron chi connectivity index (χ4n) is 2.42. The standard InChI is InChI=1S/C14H17N7O/c1-5-21-9(3)12(8(2)18-21)16-14(22)10-6-11-13(15-7-10)20(4)19-17-11/h6-7H,5H2,1-4H3,(H,16,22). The maximum absolute atomic E-state index is 12.4. The van der Waals surface area contributed by atoms with Crippen LogP contribution in [-0.4, -0.2) is 35.7 Å². The molecule has 0 aliphatic rings. The summed E-state index contributed by atoms with van der Waals surface area (Å²) in [6.45, 7) is 6.58. The summed E-state index contributed by atoms with van der Waals surface area (Å²) in [5.74, 6) is -0.234. The molecule has 0 radical (unpaired) electrons. The van der Waals surface area contributed by atoms with Crippen molar-refractivity contribution < 1.29 is 4.79 Å². The van der Waals surface area contributed by atoms with Gasteiger partial charge in [0.15, 0.2) is 5.65 Å². The number of nitrogens with zero attached hydrogens (tertiary/aromatic N) is 6. The fraction of sp³-hybridized carbons (Fsp3) is 0.357. The molecular weight excluding hydrogens is 282 g/mol. The average molecular weight is 299 g/mol. The maximum atomic E-state index is 12.4. The van der Waals surface area contributed by atoms with Crippen LogP contribution in [0.4, 0.5) is 5.69 Å². The Balaban J connectivity index is 1.91. The van der Waals surface area contributed by atoms with Gasteiger partial charge in [-0.1, -0.05) is 5.21 Å². The summed E-state index contributed by atoms with van der Waals surface area (Å²) in [6, 6.07) is 1.68. The van der Waals surface area contributed by atoms with E-state index in [0.717, 1.165) is 23.6 Å². The van der Waals surface area contributed by atoms with E-state index in [1.807, 2.05) is 25.5 Å². The second-order valence-electron chi connectivity index (χ2n) is 5.10. The Hall–Kier alpha value is -2.77. The van der Waals surface area contributed by atoms with Gasteiger partial charge in [-0.05, 0) is 26.8 Å². The third-order valence-electron chi connectivity index (χ3n) is 3.62. The number of hydrogen-bond acceptors (Lipinski definition) is 5. The number of fused-ring (bicyclic) bond motifs is 1. The van der Waals surface area contributed by atoms with Crippen LogP contribution >= 0.6 is 0 Å². The second kappa shape index (κ2) is 5.21. The maximum Gasteiger partial charge on any atom is 0.257 e. The molecule has 1 N–H and O–H groups in total. The number of anilines is 1. The van der Waals surface area contributed by atoms with E-state index in [1.165, 1.54) is 6.20 Å². The number of amides is 1. The molecular formula is C14H17N7O. The van der Waals surface area contributed by atoms with Gasteiger partial charge in [0.1, 0.15) is 5.52 Å². The molecule has 0 saturated heterocycles. The predicted molar refractivity (Wildman–Crippen MR) is 81.6 cm³/mol. The number of carbonyl (C=O) groups excluding carboxylic acids is 1. The minimum atomic E-state index is -0.234. The first kappa shape index (κ1) is 14.2. The zero-order valence-electron chi connectivity index (χ0n) is 13.0. The van der Waals surface area contributed by atoms with Crippen LogP contribution in [-0.2, 0) is 13.6 Å². The Labute approximate surface area is 127 Å². The van der Waals surface area contributed by atoms with E-state index in [2.05, 4.69) is 25.7 Å². The third-order valence-corrected chi connectivity index (χ3v) is 3.62. The number of pyridine rings is 1. The molecule has 0 saturated carbocycles. The Bertz CT molecular complexity index is 862. The molecule has 8 heteroatoms. The number of aryl methyl sites for hydroxylation is 3. The SMILES string of the molecule is CCn1nc(C)c(NC(=O)c2cnc3c(c2)nnn3C)c1C. The van der Waals surface area contributed by atoms with Crippen molar-refractivity contribution in [2.24, 2.45) is 7.05 Å². The van der Waals surface area contributed by atoms with Crippen molar-refractivity contribution in [1.29, 1.82) is 0 Å². The van der Waals surface area contributed by atoms with Gasteiger partial charge in [0.25, 0.3) is 5.91 Å². The number of nitrogens with one attached hydrogen (secondary N) is 1. The van der Waals surface area contributed by atoms with Crippen molar-refractivity contribution in [2.75, 3.05) is 5.32 Å². The molecule has 0 bridgehead atoms. The van der Waals surface area contributed by atoms with Gasteiger partial charge in [-0.15, -0.1) is 5.10 Å². The molecule has 0 aromatic carbocycles. The zero-order valence-corrected chi connectivity index (χ0v) is 13.0. The summed E-state index contributed by atoms with van der Waals surface area (Å²) in [5.41, 5.74) is 4.14. The number of aromatic nitrogens is 6. The minimum Gasteiger partial charge on any atom is -0.319 e. The Morgan fingerprint density at radius 2 is 2.14 bits per heavy atom. The van der Waals surface area contributed by atoms with Crippen LogP contribution in [0.2, 0.25) is 0 Å².